The smallest absolute Gasteiger partial charge is 0.0175 e. The van der Waals surface area contributed by atoms with Gasteiger partial charge in [-0.2, -0.15) is 0 Å². The van der Waals surface area contributed by atoms with Gasteiger partial charge >= 0.3 is 0 Å². The Morgan fingerprint density at radius 1 is 1.00 bits per heavy atom. The molecule has 0 saturated heterocycles. The Bertz CT molecular complexity index is 138. The fourth-order valence-corrected chi connectivity index (χ4v) is 0.720. The number of rotatable bonds is 0. The average Bonchev–Trinajstić information content (AvgIpc) is 1.69. The molecule has 0 saturated carbocycles. The van der Waals surface area contributed by atoms with Crippen LogP contribution in [-0.2, 0) is 17.4 Å². The van der Waals surface area contributed by atoms with Crippen LogP contribution >= 0.6 is 15.9 Å². The first-order chi connectivity index (χ1) is 3.39. The summed E-state index contributed by atoms with van der Waals surface area (Å²) >= 11 is 3.31. The van der Waals surface area contributed by atoms with Gasteiger partial charge in [-0.15, -0.1) is 0 Å². The van der Waals surface area contributed by atoms with Crippen LogP contribution < -0.4 is 0 Å². The summed E-state index contributed by atoms with van der Waals surface area (Å²) in [7, 11) is 0. The molecule has 0 N–H and O–H groups in total. The molecule has 0 spiro atoms. The maximum absolute atomic E-state index is 3.31. The SMILES string of the molecule is Brc1ccccc1.[Cr]. The summed E-state index contributed by atoms with van der Waals surface area (Å²) in [5, 5.41) is 0. The van der Waals surface area contributed by atoms with Crippen LogP contribution in [0.4, 0.5) is 0 Å². The zero-order valence-corrected chi connectivity index (χ0v) is 7.03. The van der Waals surface area contributed by atoms with Crippen molar-refractivity contribution in [2.75, 3.05) is 0 Å². The van der Waals surface area contributed by atoms with E-state index in [1.54, 1.807) is 0 Å². The molecule has 0 aliphatic rings. The van der Waals surface area contributed by atoms with Crippen molar-refractivity contribution in [3.05, 3.63) is 34.8 Å². The number of hydrogen-bond donors (Lipinski definition) is 0. The maximum Gasteiger partial charge on any atom is 0.0175 e. The van der Waals surface area contributed by atoms with Gasteiger partial charge in [0.2, 0.25) is 0 Å². The summed E-state index contributed by atoms with van der Waals surface area (Å²) in [6.45, 7) is 0. The van der Waals surface area contributed by atoms with Gasteiger partial charge in [0.05, 0.1) is 0 Å². The molecule has 42 valence electrons. The van der Waals surface area contributed by atoms with E-state index in [2.05, 4.69) is 15.9 Å². The fraction of sp³-hybridized carbons (Fsp3) is 0. The first-order valence-electron chi connectivity index (χ1n) is 2.10. The normalized spacial score (nSPS) is 7.62. The van der Waals surface area contributed by atoms with Crippen molar-refractivity contribution >= 4 is 15.9 Å². The molecule has 1 rings (SSSR count). The zero-order chi connectivity index (χ0) is 5.11. The minimum atomic E-state index is 0. The van der Waals surface area contributed by atoms with E-state index in [9.17, 15) is 0 Å². The molecule has 0 aliphatic carbocycles. The molecule has 0 aliphatic heterocycles. The molecule has 0 aromatic heterocycles. The second kappa shape index (κ2) is 4.15. The third-order valence-electron chi connectivity index (χ3n) is 0.733. The number of halogens is 1. The largest absolute Gasteiger partial charge is 0.0622 e. The molecule has 8 heavy (non-hydrogen) atoms. The van der Waals surface area contributed by atoms with E-state index in [1.165, 1.54) is 0 Å². The van der Waals surface area contributed by atoms with Gasteiger partial charge in [0.25, 0.3) is 0 Å². The molecule has 0 heterocycles. The van der Waals surface area contributed by atoms with E-state index in [-0.39, 0.29) is 17.4 Å². The van der Waals surface area contributed by atoms with Crippen LogP contribution in [0.15, 0.2) is 34.8 Å². The van der Waals surface area contributed by atoms with E-state index >= 15 is 0 Å². The average molecular weight is 209 g/mol. The molecule has 0 amide bonds. The maximum atomic E-state index is 3.31. The van der Waals surface area contributed by atoms with E-state index in [0.29, 0.717) is 0 Å². The second-order valence-corrected chi connectivity index (χ2v) is 2.21. The topological polar surface area (TPSA) is 0 Å². The Morgan fingerprint density at radius 3 is 1.75 bits per heavy atom. The fourth-order valence-electron chi connectivity index (χ4n) is 0.415. The van der Waals surface area contributed by atoms with Crippen molar-refractivity contribution in [1.29, 1.82) is 0 Å². The van der Waals surface area contributed by atoms with Crippen LogP contribution in [0.3, 0.4) is 0 Å². The summed E-state index contributed by atoms with van der Waals surface area (Å²) in [5.41, 5.74) is 0. The first kappa shape index (κ1) is 8.23. The molecule has 0 nitrogen and oxygen atoms in total. The van der Waals surface area contributed by atoms with E-state index in [0.717, 1.165) is 4.47 Å². The second-order valence-electron chi connectivity index (χ2n) is 1.30. The predicted molar refractivity (Wildman–Crippen MR) is 34.1 cm³/mol. The van der Waals surface area contributed by atoms with Gasteiger partial charge < -0.3 is 0 Å². The third-order valence-corrected chi connectivity index (χ3v) is 1.26. The minimum absolute atomic E-state index is 0. The third kappa shape index (κ3) is 2.52. The van der Waals surface area contributed by atoms with Crippen molar-refractivity contribution in [2.24, 2.45) is 0 Å². The Labute approximate surface area is 68.2 Å². The van der Waals surface area contributed by atoms with E-state index in [4.69, 9.17) is 0 Å². The van der Waals surface area contributed by atoms with Crippen LogP contribution in [-0.4, -0.2) is 0 Å². The summed E-state index contributed by atoms with van der Waals surface area (Å²) in [5.74, 6) is 0. The molecule has 0 bridgehead atoms. The van der Waals surface area contributed by atoms with Crippen LogP contribution in [0.5, 0.6) is 0 Å². The Balaban J connectivity index is 0.000000490. The van der Waals surface area contributed by atoms with Gasteiger partial charge in [0, 0.05) is 21.8 Å². The molecule has 1 aromatic carbocycles. The van der Waals surface area contributed by atoms with Crippen molar-refractivity contribution < 1.29 is 17.4 Å². The zero-order valence-electron chi connectivity index (χ0n) is 4.17. The monoisotopic (exact) mass is 208 g/mol. The quantitative estimate of drug-likeness (QED) is 0.615. The van der Waals surface area contributed by atoms with Crippen molar-refractivity contribution in [1.82, 2.24) is 0 Å². The molecule has 2 heteroatoms. The first-order valence-corrected chi connectivity index (χ1v) is 2.89. The van der Waals surface area contributed by atoms with Gasteiger partial charge in [-0.05, 0) is 12.1 Å². The van der Waals surface area contributed by atoms with Gasteiger partial charge in [0.15, 0.2) is 0 Å². The summed E-state index contributed by atoms with van der Waals surface area (Å²) in [4.78, 5) is 0. The molecule has 1 aromatic rings. The molecule has 0 radical (unpaired) electrons. The van der Waals surface area contributed by atoms with E-state index < -0.39 is 0 Å². The predicted octanol–water partition coefficient (Wildman–Crippen LogP) is 2.45. The molecular weight excluding hydrogens is 204 g/mol. The summed E-state index contributed by atoms with van der Waals surface area (Å²) < 4.78 is 1.13. The van der Waals surface area contributed by atoms with E-state index in [1.807, 2.05) is 30.3 Å². The van der Waals surface area contributed by atoms with Crippen molar-refractivity contribution in [3.63, 3.8) is 0 Å². The Morgan fingerprint density at radius 2 is 1.50 bits per heavy atom. The van der Waals surface area contributed by atoms with Gasteiger partial charge in [-0.25, -0.2) is 0 Å². The molecule has 0 unspecified atom stereocenters. The standard InChI is InChI=1S/C6H5Br.Cr/c7-6-4-2-1-3-5-6;/h1-5H;. The van der Waals surface area contributed by atoms with Crippen LogP contribution in [0.1, 0.15) is 0 Å². The number of hydrogen-bond acceptors (Lipinski definition) is 0. The molecular formula is C6H5BrCr. The van der Waals surface area contributed by atoms with Gasteiger partial charge in [-0.1, -0.05) is 34.1 Å². The summed E-state index contributed by atoms with van der Waals surface area (Å²) in [6, 6.07) is 9.97. The van der Waals surface area contributed by atoms with Crippen LogP contribution in [0, 0.1) is 0 Å². The van der Waals surface area contributed by atoms with Crippen LogP contribution in [0.2, 0.25) is 0 Å². The Kier molecular flexibility index (Phi) is 4.27. The van der Waals surface area contributed by atoms with Gasteiger partial charge in [-0.3, -0.25) is 0 Å². The molecule has 0 atom stereocenters. The van der Waals surface area contributed by atoms with Crippen LogP contribution in [0.25, 0.3) is 0 Å². The summed E-state index contributed by atoms with van der Waals surface area (Å²) in [6.07, 6.45) is 0. The molecule has 0 fully saturated rings. The Hall–Kier alpha value is 0.232. The van der Waals surface area contributed by atoms with Gasteiger partial charge in [0.1, 0.15) is 0 Å². The minimum Gasteiger partial charge on any atom is -0.0622 e. The van der Waals surface area contributed by atoms with Crippen molar-refractivity contribution in [3.8, 4) is 0 Å². The number of benzene rings is 1. The van der Waals surface area contributed by atoms with Crippen molar-refractivity contribution in [2.45, 2.75) is 0 Å².